The van der Waals surface area contributed by atoms with Crippen LogP contribution in [-0.4, -0.2) is 50.7 Å². The van der Waals surface area contributed by atoms with Crippen molar-refractivity contribution >= 4 is 15.7 Å². The molecule has 1 aliphatic heterocycles. The lowest BCUT2D eigenvalue weighted by molar-refractivity contribution is -0.120. The van der Waals surface area contributed by atoms with Crippen molar-refractivity contribution < 1.29 is 13.2 Å². The molecule has 5 nitrogen and oxygen atoms in total. The Morgan fingerprint density at radius 2 is 1.79 bits per heavy atom. The highest BCUT2D eigenvalue weighted by Crippen LogP contribution is 2.13. The van der Waals surface area contributed by atoms with Gasteiger partial charge in [-0.1, -0.05) is 24.1 Å². The molecule has 2 rings (SSSR count). The van der Waals surface area contributed by atoms with Gasteiger partial charge >= 0.3 is 0 Å². The van der Waals surface area contributed by atoms with Gasteiger partial charge in [0.15, 0.2) is 9.84 Å². The van der Waals surface area contributed by atoms with Crippen molar-refractivity contribution in [2.75, 3.05) is 25.4 Å². The minimum atomic E-state index is -3.40. The van der Waals surface area contributed by atoms with Crippen LogP contribution >= 0.6 is 0 Å². The summed E-state index contributed by atoms with van der Waals surface area (Å²) in [5.74, 6) is -0.352. The van der Waals surface area contributed by atoms with Crippen LogP contribution in [0.2, 0.25) is 0 Å². The van der Waals surface area contributed by atoms with Crippen molar-refractivity contribution in [3.63, 3.8) is 0 Å². The van der Waals surface area contributed by atoms with Crippen LogP contribution in [0.1, 0.15) is 38.2 Å². The van der Waals surface area contributed by atoms with Crippen LogP contribution in [-0.2, 0) is 14.6 Å². The summed E-state index contributed by atoms with van der Waals surface area (Å²) in [6.45, 7) is 6.75. The summed E-state index contributed by atoms with van der Waals surface area (Å²) < 4.78 is 24.5. The molecule has 1 aliphatic rings. The normalized spacial score (nSPS) is 17.4. The highest BCUT2D eigenvalue weighted by atomic mass is 32.2. The van der Waals surface area contributed by atoms with Crippen LogP contribution in [0, 0.1) is 6.92 Å². The van der Waals surface area contributed by atoms with Gasteiger partial charge < -0.3 is 5.32 Å². The first-order valence-corrected chi connectivity index (χ1v) is 10.3. The first-order valence-electron chi connectivity index (χ1n) is 8.68. The molecule has 1 amide bonds. The molecule has 1 fully saturated rings. The Hall–Kier alpha value is -1.40. The van der Waals surface area contributed by atoms with E-state index in [2.05, 4.69) is 17.1 Å². The van der Waals surface area contributed by atoms with Crippen molar-refractivity contribution in [1.82, 2.24) is 10.2 Å². The summed E-state index contributed by atoms with van der Waals surface area (Å²) in [6.07, 6.45) is 3.72. The predicted octanol–water partition coefficient (Wildman–Crippen LogP) is 2.15. The van der Waals surface area contributed by atoms with Gasteiger partial charge in [0.25, 0.3) is 0 Å². The second-order valence-corrected chi connectivity index (χ2v) is 8.74. The van der Waals surface area contributed by atoms with Gasteiger partial charge in [0.1, 0.15) is 0 Å². The average Bonchev–Trinajstić information content (AvgIpc) is 2.59. The summed E-state index contributed by atoms with van der Waals surface area (Å²) >= 11 is 0. The number of nitrogens with one attached hydrogen (secondary N) is 1. The minimum Gasteiger partial charge on any atom is -0.355 e. The summed E-state index contributed by atoms with van der Waals surface area (Å²) in [6, 6.07) is 7.03. The Bertz CT molecular complexity index is 635. The van der Waals surface area contributed by atoms with Crippen LogP contribution in [0.5, 0.6) is 0 Å². The predicted molar refractivity (Wildman–Crippen MR) is 95.7 cm³/mol. The van der Waals surface area contributed by atoms with Gasteiger partial charge in [0, 0.05) is 19.0 Å². The van der Waals surface area contributed by atoms with Crippen molar-refractivity contribution in [3.8, 4) is 0 Å². The molecule has 1 aromatic rings. The number of rotatable bonds is 7. The van der Waals surface area contributed by atoms with Gasteiger partial charge in [-0.2, -0.15) is 0 Å². The fourth-order valence-electron chi connectivity index (χ4n) is 2.93. The zero-order valence-corrected chi connectivity index (χ0v) is 15.4. The van der Waals surface area contributed by atoms with E-state index in [0.717, 1.165) is 18.7 Å². The number of amides is 1. The molecule has 134 valence electrons. The highest BCUT2D eigenvalue weighted by Gasteiger charge is 2.19. The number of nitrogens with zero attached hydrogens (tertiary/aromatic N) is 1. The topological polar surface area (TPSA) is 66.5 Å². The first kappa shape index (κ1) is 18.9. The Balaban J connectivity index is 1.76. The highest BCUT2D eigenvalue weighted by molar-refractivity contribution is 7.91. The molecule has 1 heterocycles. The van der Waals surface area contributed by atoms with Gasteiger partial charge in [-0.25, -0.2) is 8.42 Å². The molecule has 0 bridgehead atoms. The molecule has 24 heavy (non-hydrogen) atoms. The van der Waals surface area contributed by atoms with Crippen LogP contribution in [0.4, 0.5) is 0 Å². The number of hydrogen-bond donors (Lipinski definition) is 1. The fraction of sp³-hybridized carbons (Fsp3) is 0.611. The molecule has 0 aliphatic carbocycles. The number of hydrogen-bond acceptors (Lipinski definition) is 4. The number of likely N-dealkylation sites (tertiary alicyclic amines) is 1. The third-order valence-corrected chi connectivity index (χ3v) is 6.32. The van der Waals surface area contributed by atoms with Crippen LogP contribution in [0.25, 0.3) is 0 Å². The molecule has 1 atom stereocenters. The van der Waals surface area contributed by atoms with Crippen molar-refractivity contribution in [2.24, 2.45) is 0 Å². The maximum absolute atomic E-state index is 12.2. The number of carbonyl (C=O) groups excluding carboxylic acids is 1. The Morgan fingerprint density at radius 3 is 2.42 bits per heavy atom. The zero-order chi connectivity index (χ0) is 17.6. The van der Waals surface area contributed by atoms with Gasteiger partial charge in [-0.05, 0) is 51.9 Å². The monoisotopic (exact) mass is 352 g/mol. The van der Waals surface area contributed by atoms with E-state index < -0.39 is 9.84 Å². The lowest BCUT2D eigenvalue weighted by Gasteiger charge is -2.32. The zero-order valence-electron chi connectivity index (χ0n) is 14.6. The number of piperidine rings is 1. The standard InChI is InChI=1S/C18H28N2O3S/c1-15-6-8-17(9-7-15)24(22,23)13-10-18(21)19-14-16(2)20-11-4-3-5-12-20/h6-9,16H,3-5,10-14H2,1-2H3,(H,19,21). The Morgan fingerprint density at radius 1 is 1.17 bits per heavy atom. The molecule has 6 heteroatoms. The molecular weight excluding hydrogens is 324 g/mol. The van der Waals surface area contributed by atoms with E-state index >= 15 is 0 Å². The molecule has 1 unspecified atom stereocenters. The molecule has 1 aromatic carbocycles. The third kappa shape index (κ3) is 5.60. The average molecular weight is 353 g/mol. The second-order valence-electron chi connectivity index (χ2n) is 6.63. The Kier molecular flexibility index (Phi) is 6.80. The second kappa shape index (κ2) is 8.62. The van der Waals surface area contributed by atoms with Gasteiger partial charge in [-0.3, -0.25) is 9.69 Å². The smallest absolute Gasteiger partial charge is 0.221 e. The lowest BCUT2D eigenvalue weighted by Crippen LogP contribution is -2.44. The molecule has 1 saturated heterocycles. The summed E-state index contributed by atoms with van der Waals surface area (Å²) in [7, 11) is -3.40. The maximum atomic E-state index is 12.2. The first-order chi connectivity index (χ1) is 11.4. The fourth-order valence-corrected chi connectivity index (χ4v) is 4.17. The van der Waals surface area contributed by atoms with E-state index in [1.165, 1.54) is 19.3 Å². The van der Waals surface area contributed by atoms with E-state index in [1.54, 1.807) is 24.3 Å². The van der Waals surface area contributed by atoms with Gasteiger partial charge in [0.05, 0.1) is 10.6 Å². The van der Waals surface area contributed by atoms with E-state index in [4.69, 9.17) is 0 Å². The SMILES string of the molecule is Cc1ccc(S(=O)(=O)CCC(=O)NCC(C)N2CCCCC2)cc1. The number of carbonyl (C=O) groups is 1. The quantitative estimate of drug-likeness (QED) is 0.816. The van der Waals surface area contributed by atoms with E-state index in [1.807, 2.05) is 6.92 Å². The van der Waals surface area contributed by atoms with Crippen LogP contribution in [0.15, 0.2) is 29.2 Å². The largest absolute Gasteiger partial charge is 0.355 e. The molecule has 0 aromatic heterocycles. The summed E-state index contributed by atoms with van der Waals surface area (Å²) in [5, 5.41) is 2.87. The number of sulfone groups is 1. The van der Waals surface area contributed by atoms with Crippen molar-refractivity contribution in [1.29, 1.82) is 0 Å². The molecule has 0 radical (unpaired) electrons. The Labute approximate surface area is 145 Å². The minimum absolute atomic E-state index is 0.00291. The third-order valence-electron chi connectivity index (χ3n) is 4.59. The molecular formula is C18H28N2O3S. The summed E-state index contributed by atoms with van der Waals surface area (Å²) in [5.41, 5.74) is 1.01. The van der Waals surface area contributed by atoms with Crippen LogP contribution < -0.4 is 5.32 Å². The van der Waals surface area contributed by atoms with E-state index in [-0.39, 0.29) is 23.0 Å². The van der Waals surface area contributed by atoms with Gasteiger partial charge in [0.2, 0.25) is 5.91 Å². The van der Waals surface area contributed by atoms with Crippen LogP contribution in [0.3, 0.4) is 0 Å². The maximum Gasteiger partial charge on any atom is 0.221 e. The van der Waals surface area contributed by atoms with Crippen molar-refractivity contribution in [2.45, 2.75) is 50.5 Å². The van der Waals surface area contributed by atoms with Gasteiger partial charge in [-0.15, -0.1) is 0 Å². The molecule has 1 N–H and O–H groups in total. The van der Waals surface area contributed by atoms with Crippen molar-refractivity contribution in [3.05, 3.63) is 29.8 Å². The summed E-state index contributed by atoms with van der Waals surface area (Å²) in [4.78, 5) is 14.6. The number of aryl methyl sites for hydroxylation is 1. The molecule has 0 saturated carbocycles. The molecule has 0 spiro atoms. The number of benzene rings is 1. The van der Waals surface area contributed by atoms with E-state index in [9.17, 15) is 13.2 Å². The lowest BCUT2D eigenvalue weighted by atomic mass is 10.1. The van der Waals surface area contributed by atoms with E-state index in [0.29, 0.717) is 12.6 Å².